The molecule has 0 spiro atoms. The van der Waals surface area contributed by atoms with Crippen LogP contribution in [0.2, 0.25) is 0 Å². The molecule has 4 rings (SSSR count). The average molecular weight is 270 g/mol. The Morgan fingerprint density at radius 2 is 2.25 bits per heavy atom. The van der Waals surface area contributed by atoms with Crippen LogP contribution in [0.25, 0.3) is 0 Å². The Labute approximate surface area is 117 Å². The highest BCUT2D eigenvalue weighted by molar-refractivity contribution is 5.47. The van der Waals surface area contributed by atoms with Crippen molar-refractivity contribution in [3.8, 4) is 0 Å². The first kappa shape index (κ1) is 11.8. The lowest BCUT2D eigenvalue weighted by atomic mass is 10.2. The summed E-state index contributed by atoms with van der Waals surface area (Å²) in [4.78, 5) is 6.79. The predicted octanol–water partition coefficient (Wildman–Crippen LogP) is 0.945. The third-order valence-corrected chi connectivity index (χ3v) is 3.95. The van der Waals surface area contributed by atoms with Gasteiger partial charge in [-0.05, 0) is 25.0 Å². The number of hydrogen-bond donors (Lipinski definition) is 1. The second-order valence-electron chi connectivity index (χ2n) is 5.52. The van der Waals surface area contributed by atoms with Gasteiger partial charge in [0.15, 0.2) is 5.82 Å². The highest BCUT2D eigenvalue weighted by Gasteiger charge is 2.21. The molecule has 0 bridgehead atoms. The van der Waals surface area contributed by atoms with Crippen LogP contribution >= 0.6 is 0 Å². The first-order chi connectivity index (χ1) is 9.88. The lowest BCUT2D eigenvalue weighted by Crippen LogP contribution is -2.33. The zero-order valence-electron chi connectivity index (χ0n) is 11.4. The number of fused-ring (bicyclic) bond motifs is 1. The standard InChI is InChI=1S/C14H18N6/c1-2-11(1)16-8-12-7-13(3-4-15-12)19-5-6-20-10-17-18-14(20)9-19/h3-4,7,10-11,16H,1-2,5-6,8-9H2. The molecule has 20 heavy (non-hydrogen) atoms. The molecule has 2 aromatic heterocycles. The molecule has 1 fully saturated rings. The van der Waals surface area contributed by atoms with Crippen LogP contribution in [0, 0.1) is 0 Å². The Hall–Kier alpha value is -1.95. The monoisotopic (exact) mass is 270 g/mol. The maximum absolute atomic E-state index is 4.45. The van der Waals surface area contributed by atoms with Crippen molar-refractivity contribution >= 4 is 5.69 Å². The van der Waals surface area contributed by atoms with Gasteiger partial charge in [-0.3, -0.25) is 4.98 Å². The smallest absolute Gasteiger partial charge is 0.152 e. The summed E-state index contributed by atoms with van der Waals surface area (Å²) in [6, 6.07) is 4.97. The summed E-state index contributed by atoms with van der Waals surface area (Å²) in [5, 5.41) is 11.6. The normalized spacial score (nSPS) is 18.1. The van der Waals surface area contributed by atoms with Crippen LogP contribution in [-0.2, 0) is 19.6 Å². The van der Waals surface area contributed by atoms with Crippen molar-refractivity contribution in [1.82, 2.24) is 25.1 Å². The molecule has 0 radical (unpaired) electrons. The zero-order chi connectivity index (χ0) is 13.4. The Bertz CT molecular complexity index is 603. The number of pyridine rings is 1. The topological polar surface area (TPSA) is 58.9 Å². The number of nitrogens with zero attached hydrogens (tertiary/aromatic N) is 5. The van der Waals surface area contributed by atoms with Crippen LogP contribution in [0.4, 0.5) is 5.69 Å². The molecule has 0 saturated heterocycles. The Kier molecular flexibility index (Phi) is 2.88. The Morgan fingerprint density at radius 3 is 3.15 bits per heavy atom. The summed E-state index contributed by atoms with van der Waals surface area (Å²) in [5.41, 5.74) is 2.34. The minimum absolute atomic E-state index is 0.717. The van der Waals surface area contributed by atoms with Crippen molar-refractivity contribution in [2.75, 3.05) is 11.4 Å². The molecule has 3 heterocycles. The molecule has 0 atom stereocenters. The highest BCUT2D eigenvalue weighted by atomic mass is 15.3. The molecule has 0 unspecified atom stereocenters. The lowest BCUT2D eigenvalue weighted by Gasteiger charge is -2.29. The molecule has 1 N–H and O–H groups in total. The van der Waals surface area contributed by atoms with Gasteiger partial charge in [0, 0.05) is 37.6 Å². The third kappa shape index (κ3) is 2.38. The quantitative estimate of drug-likeness (QED) is 0.896. The van der Waals surface area contributed by atoms with Crippen molar-refractivity contribution in [2.45, 2.75) is 38.5 Å². The van der Waals surface area contributed by atoms with E-state index in [1.807, 2.05) is 12.5 Å². The van der Waals surface area contributed by atoms with Gasteiger partial charge < -0.3 is 14.8 Å². The summed E-state index contributed by atoms with van der Waals surface area (Å²) < 4.78 is 2.12. The van der Waals surface area contributed by atoms with Gasteiger partial charge in [0.25, 0.3) is 0 Å². The second kappa shape index (κ2) is 4.86. The average Bonchev–Trinajstić information content (AvgIpc) is 3.20. The van der Waals surface area contributed by atoms with Gasteiger partial charge >= 0.3 is 0 Å². The Morgan fingerprint density at radius 1 is 1.30 bits per heavy atom. The Balaban J connectivity index is 1.49. The number of rotatable bonds is 4. The minimum Gasteiger partial charge on any atom is -0.362 e. The molecule has 0 aromatic carbocycles. The lowest BCUT2D eigenvalue weighted by molar-refractivity contribution is 0.559. The highest BCUT2D eigenvalue weighted by Crippen LogP contribution is 2.22. The van der Waals surface area contributed by atoms with E-state index in [-0.39, 0.29) is 0 Å². The number of anilines is 1. The summed E-state index contributed by atoms with van der Waals surface area (Å²) in [6.45, 7) is 3.62. The maximum atomic E-state index is 4.45. The fourth-order valence-electron chi connectivity index (χ4n) is 2.58. The van der Waals surface area contributed by atoms with E-state index in [1.165, 1.54) is 18.5 Å². The van der Waals surface area contributed by atoms with Crippen molar-refractivity contribution in [2.24, 2.45) is 0 Å². The van der Waals surface area contributed by atoms with Gasteiger partial charge in [0.2, 0.25) is 0 Å². The van der Waals surface area contributed by atoms with Gasteiger partial charge in [-0.25, -0.2) is 0 Å². The molecule has 104 valence electrons. The van der Waals surface area contributed by atoms with Crippen LogP contribution in [0.1, 0.15) is 24.4 Å². The van der Waals surface area contributed by atoms with Gasteiger partial charge in [-0.1, -0.05) is 0 Å². The molecule has 6 nitrogen and oxygen atoms in total. The number of nitrogens with one attached hydrogen (secondary N) is 1. The van der Waals surface area contributed by atoms with Crippen LogP contribution < -0.4 is 10.2 Å². The van der Waals surface area contributed by atoms with E-state index in [0.29, 0.717) is 6.04 Å². The van der Waals surface area contributed by atoms with Gasteiger partial charge in [-0.15, -0.1) is 10.2 Å². The fraction of sp³-hybridized carbons (Fsp3) is 0.500. The van der Waals surface area contributed by atoms with Crippen molar-refractivity contribution in [3.05, 3.63) is 36.2 Å². The van der Waals surface area contributed by atoms with Gasteiger partial charge in [0.1, 0.15) is 6.33 Å². The van der Waals surface area contributed by atoms with Gasteiger partial charge in [-0.2, -0.15) is 0 Å². The van der Waals surface area contributed by atoms with E-state index in [2.05, 4.69) is 42.1 Å². The van der Waals surface area contributed by atoms with Crippen LogP contribution in [0.5, 0.6) is 0 Å². The first-order valence-corrected chi connectivity index (χ1v) is 7.18. The van der Waals surface area contributed by atoms with E-state index in [1.54, 1.807) is 0 Å². The zero-order valence-corrected chi connectivity index (χ0v) is 11.4. The molecular weight excluding hydrogens is 252 g/mol. The molecule has 2 aromatic rings. The summed E-state index contributed by atoms with van der Waals surface area (Å²) >= 11 is 0. The molecule has 6 heteroatoms. The third-order valence-electron chi connectivity index (χ3n) is 3.95. The fourth-order valence-corrected chi connectivity index (χ4v) is 2.58. The molecule has 1 aliphatic heterocycles. The van der Waals surface area contributed by atoms with Crippen molar-refractivity contribution in [1.29, 1.82) is 0 Å². The van der Waals surface area contributed by atoms with Crippen molar-refractivity contribution < 1.29 is 0 Å². The molecule has 1 saturated carbocycles. The summed E-state index contributed by atoms with van der Waals surface area (Å²) in [6.07, 6.45) is 6.33. The van der Waals surface area contributed by atoms with E-state index < -0.39 is 0 Å². The summed E-state index contributed by atoms with van der Waals surface area (Å²) in [7, 11) is 0. The first-order valence-electron chi connectivity index (χ1n) is 7.18. The largest absolute Gasteiger partial charge is 0.362 e. The maximum Gasteiger partial charge on any atom is 0.152 e. The molecule has 0 amide bonds. The predicted molar refractivity (Wildman–Crippen MR) is 75.2 cm³/mol. The van der Waals surface area contributed by atoms with Crippen LogP contribution in [0.15, 0.2) is 24.7 Å². The molecule has 1 aliphatic carbocycles. The van der Waals surface area contributed by atoms with E-state index in [4.69, 9.17) is 0 Å². The SMILES string of the molecule is c1cc(N2CCn3cnnc3C2)cc(CNC2CC2)n1. The molecular formula is C14H18N6. The van der Waals surface area contributed by atoms with Crippen LogP contribution in [0.3, 0.4) is 0 Å². The van der Waals surface area contributed by atoms with Crippen molar-refractivity contribution in [3.63, 3.8) is 0 Å². The van der Waals surface area contributed by atoms with E-state index in [9.17, 15) is 0 Å². The van der Waals surface area contributed by atoms with Gasteiger partial charge in [0.05, 0.1) is 12.2 Å². The number of aromatic nitrogens is 4. The summed E-state index contributed by atoms with van der Waals surface area (Å²) in [5.74, 6) is 1.03. The van der Waals surface area contributed by atoms with Crippen LogP contribution in [-0.4, -0.2) is 32.3 Å². The minimum atomic E-state index is 0.717. The van der Waals surface area contributed by atoms with E-state index in [0.717, 1.165) is 37.7 Å². The van der Waals surface area contributed by atoms with E-state index >= 15 is 0 Å². The second-order valence-corrected chi connectivity index (χ2v) is 5.52. The number of hydrogen-bond acceptors (Lipinski definition) is 5. The molecule has 2 aliphatic rings.